The van der Waals surface area contributed by atoms with E-state index in [2.05, 4.69) is 108 Å². The van der Waals surface area contributed by atoms with Crippen LogP contribution in [0.15, 0.2) is 22.2 Å². The number of fused-ring (bicyclic) bond motifs is 2. The van der Waals surface area contributed by atoms with Crippen molar-refractivity contribution in [1.82, 2.24) is 39.0 Å². The summed E-state index contributed by atoms with van der Waals surface area (Å²) in [5, 5.41) is 14.8. The number of carbonyl (C=O) groups excluding carboxylic acids is 3. The fourth-order valence-corrected chi connectivity index (χ4v) is 9.11. The van der Waals surface area contributed by atoms with E-state index >= 15 is 0 Å². The zero-order chi connectivity index (χ0) is 48.0. The number of aromatic nitrogens is 8. The molecule has 0 unspecified atom stereocenters. The molecule has 6 atom stereocenters. The molecule has 2 aliphatic rings. The normalized spacial score (nSPS) is 22.0. The minimum Gasteiger partial charge on any atom is -0.479 e. The first-order valence-electron chi connectivity index (χ1n) is 21.4. The van der Waals surface area contributed by atoms with Gasteiger partial charge in [0.1, 0.15) is 18.6 Å². The standard InChI is InChI=1S/C21H33N5O5Si.C20H31N5O6Si/c1-11(2)18(28)24-20-23-17-15(19(29)25-20)22-10-26(17)14-9-13(16(30-14)12(3)27)31-32(7,8)21(4,5)6;1-10(2)16(26)23-19-22-15-13(17(27)24-19)21-9-25(15)12-8-11(14(30-12)18(28)29)31-32(6,7)20(3,4)5/h10-11,13-14,16H,9H2,1-8H3,(H2,23,24,25,28,29);9-12,14H,8H2,1-7H3,(H,28,29)(H2,22,23,24,26,27)/t13-,14-,16-;11-,12-,14+/m11/s1. The molecule has 0 radical (unpaired) electrons. The average molecular weight is 929 g/mol. The number of nitrogens with zero attached hydrogens (tertiary/aromatic N) is 6. The zero-order valence-electron chi connectivity index (χ0n) is 39.4. The summed E-state index contributed by atoms with van der Waals surface area (Å²) in [5.41, 5.74) is -0.332. The summed E-state index contributed by atoms with van der Waals surface area (Å²) in [6.45, 7) is 29.4. The van der Waals surface area contributed by atoms with Gasteiger partial charge in [-0.05, 0) is 43.2 Å². The highest BCUT2D eigenvalue weighted by atomic mass is 28.4. The van der Waals surface area contributed by atoms with Gasteiger partial charge in [0, 0.05) is 24.7 Å². The summed E-state index contributed by atoms with van der Waals surface area (Å²) in [7, 11) is -4.41. The van der Waals surface area contributed by atoms with Crippen LogP contribution in [0.5, 0.6) is 0 Å². The molecule has 0 bridgehead atoms. The topological polar surface area (TPSA) is 277 Å². The Balaban J connectivity index is 0.000000241. The van der Waals surface area contributed by atoms with Crippen molar-refractivity contribution in [2.24, 2.45) is 11.8 Å². The molecule has 23 heteroatoms. The molecule has 352 valence electrons. The SMILES string of the molecule is CC(=O)[C@H]1O[C@@H](n2cnc3c(=O)[nH]c(NC(=O)C(C)C)nc32)C[C@H]1O[Si](C)(C)C(C)(C)C.CC(C)C(=O)Nc1nc2c(ncn2[C@H]2C[C@@H](O[Si](C)(C)C(C)(C)C)[C@@H](C(=O)O)O2)c(=O)[nH]1. The van der Waals surface area contributed by atoms with Crippen molar-refractivity contribution in [3.05, 3.63) is 33.4 Å². The summed E-state index contributed by atoms with van der Waals surface area (Å²) in [6, 6.07) is 0. The van der Waals surface area contributed by atoms with E-state index < -0.39 is 70.6 Å². The largest absolute Gasteiger partial charge is 0.479 e. The summed E-state index contributed by atoms with van der Waals surface area (Å²) in [5.74, 6) is -2.34. The number of H-pyrrole nitrogens is 2. The molecule has 2 amide bonds. The Morgan fingerprint density at radius 2 is 1.08 bits per heavy atom. The molecule has 64 heavy (non-hydrogen) atoms. The molecule has 0 aliphatic carbocycles. The quantitative estimate of drug-likeness (QED) is 0.110. The molecule has 2 saturated heterocycles. The van der Waals surface area contributed by atoms with Gasteiger partial charge in [0.05, 0.1) is 24.9 Å². The molecule has 4 aromatic rings. The number of aromatic amines is 2. The molecular weight excluding hydrogens is 865 g/mol. The van der Waals surface area contributed by atoms with E-state index in [1.807, 2.05) is 0 Å². The summed E-state index contributed by atoms with van der Waals surface area (Å²) in [4.78, 5) is 95.2. The van der Waals surface area contributed by atoms with Crippen molar-refractivity contribution in [2.45, 2.75) is 162 Å². The lowest BCUT2D eigenvalue weighted by Crippen LogP contribution is -2.47. The Hall–Kier alpha value is -4.95. The Morgan fingerprint density at radius 1 is 0.719 bits per heavy atom. The van der Waals surface area contributed by atoms with Crippen LogP contribution in [0.1, 0.15) is 101 Å². The lowest BCUT2D eigenvalue weighted by atomic mass is 10.1. The Bertz CT molecular complexity index is 2340. The number of ether oxygens (including phenoxy) is 2. The monoisotopic (exact) mass is 928 g/mol. The number of anilines is 2. The number of hydrogen-bond acceptors (Lipinski definition) is 14. The Morgan fingerprint density at radius 3 is 1.41 bits per heavy atom. The molecule has 6 heterocycles. The highest BCUT2D eigenvalue weighted by Crippen LogP contribution is 2.43. The Labute approximate surface area is 373 Å². The molecule has 2 aliphatic heterocycles. The second kappa shape index (κ2) is 18.5. The number of aliphatic carboxylic acids is 1. The number of nitrogens with one attached hydrogen (secondary N) is 4. The predicted octanol–water partition coefficient (Wildman–Crippen LogP) is 5.46. The fourth-order valence-electron chi connectivity index (χ4n) is 6.45. The summed E-state index contributed by atoms with van der Waals surface area (Å²) >= 11 is 0. The molecule has 5 N–H and O–H groups in total. The maximum absolute atomic E-state index is 12.5. The third kappa shape index (κ3) is 10.8. The van der Waals surface area contributed by atoms with Crippen LogP contribution < -0.4 is 21.8 Å². The zero-order valence-corrected chi connectivity index (χ0v) is 41.4. The second-order valence-corrected chi connectivity index (χ2v) is 29.6. The van der Waals surface area contributed by atoms with Crippen LogP contribution in [0, 0.1) is 11.8 Å². The minimum absolute atomic E-state index is 0.00944. The fraction of sp³-hybridized carbons (Fsp3) is 0.659. The van der Waals surface area contributed by atoms with Gasteiger partial charge in [-0.15, -0.1) is 0 Å². The number of Topliss-reactive ketones (excluding diaryl/α,β-unsaturated/α-hetero) is 1. The van der Waals surface area contributed by atoms with Gasteiger partial charge in [0.2, 0.25) is 23.7 Å². The van der Waals surface area contributed by atoms with E-state index in [0.29, 0.717) is 6.42 Å². The number of carboxylic acid groups (broad SMARTS) is 1. The van der Waals surface area contributed by atoms with Crippen LogP contribution in [0.4, 0.5) is 11.9 Å². The van der Waals surface area contributed by atoms with Gasteiger partial charge in [-0.25, -0.2) is 14.8 Å². The number of carbonyl (C=O) groups is 4. The van der Waals surface area contributed by atoms with Crippen LogP contribution in [0.25, 0.3) is 22.3 Å². The molecule has 21 nitrogen and oxygen atoms in total. The maximum Gasteiger partial charge on any atom is 0.335 e. The van der Waals surface area contributed by atoms with Crippen molar-refractivity contribution in [2.75, 3.05) is 10.6 Å². The summed E-state index contributed by atoms with van der Waals surface area (Å²) < 4.78 is 27.9. The molecule has 2 fully saturated rings. The first-order chi connectivity index (χ1) is 29.4. The second-order valence-electron chi connectivity index (χ2n) is 20.0. The van der Waals surface area contributed by atoms with E-state index in [-0.39, 0.29) is 80.2 Å². The van der Waals surface area contributed by atoms with Crippen LogP contribution in [-0.4, -0.2) is 109 Å². The van der Waals surface area contributed by atoms with Gasteiger partial charge in [-0.1, -0.05) is 69.2 Å². The molecular formula is C41H64N10O11Si2. The molecule has 0 saturated carbocycles. The van der Waals surface area contributed by atoms with Crippen LogP contribution in [-0.2, 0) is 37.5 Å². The average Bonchev–Trinajstić information content (AvgIpc) is 3.95. The van der Waals surface area contributed by atoms with Gasteiger partial charge >= 0.3 is 5.97 Å². The minimum atomic E-state index is -2.26. The van der Waals surface area contributed by atoms with Crippen LogP contribution in [0.3, 0.4) is 0 Å². The van der Waals surface area contributed by atoms with E-state index in [4.69, 9.17) is 18.3 Å². The number of hydrogen-bond donors (Lipinski definition) is 5. The lowest BCUT2D eigenvalue weighted by molar-refractivity contribution is -0.154. The molecule has 6 rings (SSSR count). The van der Waals surface area contributed by atoms with Crippen LogP contribution in [0.2, 0.25) is 36.3 Å². The van der Waals surface area contributed by atoms with Gasteiger partial charge in [-0.3, -0.25) is 53.7 Å². The van der Waals surface area contributed by atoms with E-state index in [9.17, 15) is 33.9 Å². The smallest absolute Gasteiger partial charge is 0.335 e. The van der Waals surface area contributed by atoms with E-state index in [1.165, 1.54) is 24.1 Å². The van der Waals surface area contributed by atoms with Crippen molar-refractivity contribution < 1.29 is 42.6 Å². The van der Waals surface area contributed by atoms with Gasteiger partial charge in [0.15, 0.2) is 50.8 Å². The molecule has 0 aromatic carbocycles. The first-order valence-corrected chi connectivity index (χ1v) is 27.2. The van der Waals surface area contributed by atoms with Crippen molar-refractivity contribution in [1.29, 1.82) is 0 Å². The van der Waals surface area contributed by atoms with Gasteiger partial charge in [-0.2, -0.15) is 9.97 Å². The van der Waals surface area contributed by atoms with Crippen LogP contribution >= 0.6 is 0 Å². The number of imidazole rings is 2. The van der Waals surface area contributed by atoms with Gasteiger partial charge in [0.25, 0.3) is 11.1 Å². The lowest BCUT2D eigenvalue weighted by Gasteiger charge is -2.39. The van der Waals surface area contributed by atoms with E-state index in [0.717, 1.165) is 0 Å². The molecule has 4 aromatic heterocycles. The number of amides is 2. The first kappa shape index (κ1) is 50.1. The summed E-state index contributed by atoms with van der Waals surface area (Å²) in [6.07, 6.45) is -0.707. The number of ketones is 1. The third-order valence-corrected chi connectivity index (χ3v) is 21.3. The predicted molar refractivity (Wildman–Crippen MR) is 243 cm³/mol. The highest BCUT2D eigenvalue weighted by Gasteiger charge is 2.49. The van der Waals surface area contributed by atoms with Crippen molar-refractivity contribution >= 4 is 74.4 Å². The van der Waals surface area contributed by atoms with Gasteiger partial charge < -0.3 is 23.4 Å². The third-order valence-electron chi connectivity index (χ3n) is 12.3. The number of carboxylic acids is 1. The van der Waals surface area contributed by atoms with E-state index in [1.54, 1.807) is 32.3 Å². The highest BCUT2D eigenvalue weighted by molar-refractivity contribution is 6.74. The van der Waals surface area contributed by atoms with Crippen molar-refractivity contribution in [3.63, 3.8) is 0 Å². The Kier molecular flexibility index (Phi) is 14.5. The van der Waals surface area contributed by atoms with Crippen molar-refractivity contribution in [3.8, 4) is 0 Å². The molecule has 0 spiro atoms. The number of rotatable bonds is 12. The maximum atomic E-state index is 12.5.